The summed E-state index contributed by atoms with van der Waals surface area (Å²) in [4.78, 5) is 1.55. The highest BCUT2D eigenvalue weighted by atomic mass is 79.9. The van der Waals surface area contributed by atoms with E-state index in [-0.39, 0.29) is 0 Å². The van der Waals surface area contributed by atoms with Crippen LogP contribution in [0.1, 0.15) is 23.6 Å². The minimum atomic E-state index is 0.902. The zero-order chi connectivity index (χ0) is 6.27. The van der Waals surface area contributed by atoms with Crippen LogP contribution in [0.5, 0.6) is 0 Å². The summed E-state index contributed by atoms with van der Waals surface area (Å²) in [6, 6.07) is 2.14. The molecule has 48 valence electrons. The van der Waals surface area contributed by atoms with Crippen LogP contribution in [0, 0.1) is 0 Å². The molecule has 0 aliphatic heterocycles. The number of halogens is 1. The average molecular weight is 203 g/mol. The Balaban J connectivity index is 2.35. The first-order chi connectivity index (χ1) is 4.38. The second kappa shape index (κ2) is 2.10. The maximum Gasteiger partial charge on any atom is 0.0317 e. The summed E-state index contributed by atoms with van der Waals surface area (Å²) in [6.45, 7) is 0. The van der Waals surface area contributed by atoms with E-state index >= 15 is 0 Å². The average Bonchev–Trinajstić information content (AvgIpc) is 2.58. The number of hydrogen-bond donors (Lipinski definition) is 0. The van der Waals surface area contributed by atoms with Gasteiger partial charge in [-0.05, 0) is 46.1 Å². The number of thiophene rings is 1. The van der Waals surface area contributed by atoms with Gasteiger partial charge in [0.2, 0.25) is 0 Å². The molecule has 0 aromatic carbocycles. The second-order valence-electron chi connectivity index (χ2n) is 2.41. The topological polar surface area (TPSA) is 0 Å². The third-order valence-corrected chi connectivity index (χ3v) is 3.63. The highest BCUT2D eigenvalue weighted by Crippen LogP contribution is 2.45. The summed E-state index contributed by atoms with van der Waals surface area (Å²) in [6.07, 6.45) is 2.80. The van der Waals surface area contributed by atoms with Gasteiger partial charge in [0.15, 0.2) is 0 Å². The maximum atomic E-state index is 3.52. The first-order valence-corrected chi connectivity index (χ1v) is 4.78. The molecule has 0 unspecified atom stereocenters. The Labute approximate surface area is 67.0 Å². The van der Waals surface area contributed by atoms with Gasteiger partial charge >= 0.3 is 0 Å². The smallest absolute Gasteiger partial charge is 0.0317 e. The molecule has 1 saturated carbocycles. The van der Waals surface area contributed by atoms with Crippen molar-refractivity contribution in [1.82, 2.24) is 0 Å². The van der Waals surface area contributed by atoms with Crippen molar-refractivity contribution < 1.29 is 0 Å². The molecule has 0 saturated heterocycles. The molecule has 0 radical (unpaired) electrons. The molecule has 2 rings (SSSR count). The Morgan fingerprint density at radius 2 is 2.33 bits per heavy atom. The Bertz CT molecular complexity index is 212. The first-order valence-electron chi connectivity index (χ1n) is 3.11. The van der Waals surface area contributed by atoms with Crippen molar-refractivity contribution in [2.45, 2.75) is 18.8 Å². The van der Waals surface area contributed by atoms with Crippen LogP contribution >= 0.6 is 27.3 Å². The normalized spacial score (nSPS) is 18.3. The molecule has 1 aromatic heterocycles. The van der Waals surface area contributed by atoms with Gasteiger partial charge in [-0.3, -0.25) is 0 Å². The molecule has 1 heterocycles. The van der Waals surface area contributed by atoms with Crippen LogP contribution in [-0.4, -0.2) is 0 Å². The summed E-state index contributed by atoms with van der Waals surface area (Å²) < 4.78 is 1.31. The molecular weight excluding hydrogens is 196 g/mol. The van der Waals surface area contributed by atoms with Gasteiger partial charge in [-0.1, -0.05) is 0 Å². The van der Waals surface area contributed by atoms with Crippen LogP contribution in [0.2, 0.25) is 0 Å². The van der Waals surface area contributed by atoms with Gasteiger partial charge in [0.05, 0.1) is 0 Å². The third kappa shape index (κ3) is 1.06. The van der Waals surface area contributed by atoms with Crippen molar-refractivity contribution in [3.05, 3.63) is 20.8 Å². The number of hydrogen-bond acceptors (Lipinski definition) is 1. The molecule has 0 nitrogen and oxygen atoms in total. The SMILES string of the molecule is Brc1ccsc1C1CC1. The summed E-state index contributed by atoms with van der Waals surface area (Å²) >= 11 is 5.39. The highest BCUT2D eigenvalue weighted by Gasteiger charge is 2.26. The molecule has 1 fully saturated rings. The summed E-state index contributed by atoms with van der Waals surface area (Å²) in [5.74, 6) is 0.902. The van der Waals surface area contributed by atoms with Crippen LogP contribution in [0.15, 0.2) is 15.9 Å². The Kier molecular flexibility index (Phi) is 1.38. The largest absolute Gasteiger partial charge is 0.147 e. The predicted octanol–water partition coefficient (Wildman–Crippen LogP) is 3.39. The molecule has 0 bridgehead atoms. The lowest BCUT2D eigenvalue weighted by Gasteiger charge is -1.88. The molecule has 1 aliphatic carbocycles. The molecule has 0 atom stereocenters. The van der Waals surface area contributed by atoms with Gasteiger partial charge in [0.1, 0.15) is 0 Å². The van der Waals surface area contributed by atoms with E-state index in [1.807, 2.05) is 11.3 Å². The van der Waals surface area contributed by atoms with Gasteiger partial charge in [0, 0.05) is 9.35 Å². The van der Waals surface area contributed by atoms with E-state index in [4.69, 9.17) is 0 Å². The Morgan fingerprint density at radius 3 is 2.78 bits per heavy atom. The Morgan fingerprint density at radius 1 is 1.56 bits per heavy atom. The van der Waals surface area contributed by atoms with Crippen LogP contribution in [0.3, 0.4) is 0 Å². The van der Waals surface area contributed by atoms with Crippen LogP contribution in [0.25, 0.3) is 0 Å². The van der Waals surface area contributed by atoms with Gasteiger partial charge in [-0.25, -0.2) is 0 Å². The zero-order valence-electron chi connectivity index (χ0n) is 4.93. The van der Waals surface area contributed by atoms with Crippen molar-refractivity contribution in [2.75, 3.05) is 0 Å². The van der Waals surface area contributed by atoms with E-state index in [1.165, 1.54) is 17.3 Å². The quantitative estimate of drug-likeness (QED) is 0.656. The zero-order valence-corrected chi connectivity index (χ0v) is 7.33. The lowest BCUT2D eigenvalue weighted by molar-refractivity contribution is 1.17. The van der Waals surface area contributed by atoms with Crippen LogP contribution in [0.4, 0.5) is 0 Å². The van der Waals surface area contributed by atoms with Gasteiger partial charge < -0.3 is 0 Å². The molecular formula is C7H7BrS. The monoisotopic (exact) mass is 202 g/mol. The van der Waals surface area contributed by atoms with Gasteiger partial charge in [0.25, 0.3) is 0 Å². The first kappa shape index (κ1) is 5.93. The predicted molar refractivity (Wildman–Crippen MR) is 44.0 cm³/mol. The molecule has 0 N–H and O–H groups in total. The fourth-order valence-electron chi connectivity index (χ4n) is 0.942. The summed E-state index contributed by atoms with van der Waals surface area (Å²) in [7, 11) is 0. The van der Waals surface area contributed by atoms with Crippen molar-refractivity contribution in [3.63, 3.8) is 0 Å². The number of rotatable bonds is 1. The molecule has 9 heavy (non-hydrogen) atoms. The minimum absolute atomic E-state index is 0.902. The fourth-order valence-corrected chi connectivity index (χ4v) is 2.81. The molecule has 0 amide bonds. The van der Waals surface area contributed by atoms with E-state index in [0.29, 0.717) is 0 Å². The molecule has 1 aliphatic rings. The van der Waals surface area contributed by atoms with Crippen LogP contribution in [-0.2, 0) is 0 Å². The van der Waals surface area contributed by atoms with Crippen molar-refractivity contribution >= 4 is 27.3 Å². The van der Waals surface area contributed by atoms with E-state index in [1.54, 1.807) is 4.88 Å². The lowest BCUT2D eigenvalue weighted by atomic mass is 10.3. The standard InChI is InChI=1S/C7H7BrS/c8-6-3-4-9-7(6)5-1-2-5/h3-5H,1-2H2. The van der Waals surface area contributed by atoms with Gasteiger partial charge in [-0.2, -0.15) is 0 Å². The van der Waals surface area contributed by atoms with Crippen molar-refractivity contribution in [3.8, 4) is 0 Å². The molecule has 2 heteroatoms. The lowest BCUT2D eigenvalue weighted by Crippen LogP contribution is -1.67. The summed E-state index contributed by atoms with van der Waals surface area (Å²) in [5.41, 5.74) is 0. The van der Waals surface area contributed by atoms with Crippen LogP contribution < -0.4 is 0 Å². The van der Waals surface area contributed by atoms with E-state index in [2.05, 4.69) is 27.4 Å². The Hall–Kier alpha value is 0.180. The highest BCUT2D eigenvalue weighted by molar-refractivity contribution is 9.10. The molecule has 1 aromatic rings. The maximum absolute atomic E-state index is 3.52. The van der Waals surface area contributed by atoms with E-state index in [0.717, 1.165) is 5.92 Å². The summed E-state index contributed by atoms with van der Waals surface area (Å²) in [5, 5.41) is 2.15. The van der Waals surface area contributed by atoms with E-state index in [9.17, 15) is 0 Å². The third-order valence-electron chi connectivity index (χ3n) is 1.59. The minimum Gasteiger partial charge on any atom is -0.147 e. The van der Waals surface area contributed by atoms with Crippen molar-refractivity contribution in [2.24, 2.45) is 0 Å². The second-order valence-corrected chi connectivity index (χ2v) is 4.21. The van der Waals surface area contributed by atoms with E-state index < -0.39 is 0 Å². The fraction of sp³-hybridized carbons (Fsp3) is 0.429. The molecule has 0 spiro atoms. The van der Waals surface area contributed by atoms with Crippen molar-refractivity contribution in [1.29, 1.82) is 0 Å². The van der Waals surface area contributed by atoms with Gasteiger partial charge in [-0.15, -0.1) is 11.3 Å².